The number of imidazole rings is 1. The second kappa shape index (κ2) is 4.75. The van der Waals surface area contributed by atoms with E-state index in [9.17, 15) is 5.11 Å². The van der Waals surface area contributed by atoms with Crippen LogP contribution in [0.15, 0.2) is 29.9 Å². The second-order valence-corrected chi connectivity index (χ2v) is 5.55. The first-order valence-corrected chi connectivity index (χ1v) is 7.05. The number of hydrogen-bond acceptors (Lipinski definition) is 4. The molecule has 0 saturated heterocycles. The Morgan fingerprint density at radius 1 is 1.32 bits per heavy atom. The summed E-state index contributed by atoms with van der Waals surface area (Å²) in [6.45, 7) is 3.88. The zero-order valence-corrected chi connectivity index (χ0v) is 11.7. The molecular weight excluding hydrogens is 258 g/mol. The lowest BCUT2D eigenvalue weighted by Gasteiger charge is -2.12. The molecule has 0 aromatic carbocycles. The minimum Gasteiger partial charge on any atom is -0.388 e. The molecule has 0 amide bonds. The molecule has 1 atom stereocenters. The van der Waals surface area contributed by atoms with E-state index in [1.165, 1.54) is 0 Å². The Hall–Kier alpha value is -1.72. The fourth-order valence-corrected chi connectivity index (χ4v) is 2.95. The average Bonchev–Trinajstić information content (AvgIpc) is 2.89. The van der Waals surface area contributed by atoms with Crippen molar-refractivity contribution in [3.63, 3.8) is 0 Å². The van der Waals surface area contributed by atoms with Crippen LogP contribution in [0.25, 0.3) is 4.96 Å². The van der Waals surface area contributed by atoms with Crippen LogP contribution in [0, 0.1) is 13.8 Å². The molecule has 3 heterocycles. The second-order valence-electron chi connectivity index (χ2n) is 4.67. The van der Waals surface area contributed by atoms with Crippen LogP contribution in [0.3, 0.4) is 0 Å². The first kappa shape index (κ1) is 12.3. The molecule has 5 heteroatoms. The highest BCUT2D eigenvalue weighted by molar-refractivity contribution is 7.15. The highest BCUT2D eigenvalue weighted by Gasteiger charge is 2.14. The Bertz CT molecular complexity index is 688. The van der Waals surface area contributed by atoms with Crippen LogP contribution < -0.4 is 0 Å². The topological polar surface area (TPSA) is 50.4 Å². The average molecular weight is 273 g/mol. The lowest BCUT2D eigenvalue weighted by molar-refractivity contribution is 0.176. The SMILES string of the molecule is Cc1ccc(C(O)Cc2cn3ccsc3n2)c(C)n1. The number of aliphatic hydroxyl groups excluding tert-OH is 1. The van der Waals surface area contributed by atoms with Crippen LogP contribution in [-0.2, 0) is 6.42 Å². The van der Waals surface area contributed by atoms with Crippen LogP contribution in [-0.4, -0.2) is 19.5 Å². The van der Waals surface area contributed by atoms with Crippen molar-refractivity contribution in [2.24, 2.45) is 0 Å². The maximum absolute atomic E-state index is 10.3. The van der Waals surface area contributed by atoms with E-state index >= 15 is 0 Å². The number of rotatable bonds is 3. The monoisotopic (exact) mass is 273 g/mol. The Morgan fingerprint density at radius 3 is 2.89 bits per heavy atom. The molecule has 0 radical (unpaired) electrons. The summed E-state index contributed by atoms with van der Waals surface area (Å²) in [4.78, 5) is 9.83. The van der Waals surface area contributed by atoms with Crippen LogP contribution in [0.4, 0.5) is 0 Å². The van der Waals surface area contributed by atoms with Gasteiger partial charge in [0, 0.05) is 41.1 Å². The van der Waals surface area contributed by atoms with Crippen molar-refractivity contribution in [3.05, 3.63) is 52.6 Å². The van der Waals surface area contributed by atoms with E-state index in [0.717, 1.165) is 27.6 Å². The first-order chi connectivity index (χ1) is 9.13. The number of aliphatic hydroxyl groups is 1. The van der Waals surface area contributed by atoms with E-state index < -0.39 is 6.10 Å². The molecule has 0 aliphatic rings. The van der Waals surface area contributed by atoms with Gasteiger partial charge in [-0.05, 0) is 19.9 Å². The van der Waals surface area contributed by atoms with Crippen LogP contribution in [0.5, 0.6) is 0 Å². The molecule has 0 bridgehead atoms. The van der Waals surface area contributed by atoms with Crippen molar-refractivity contribution in [1.29, 1.82) is 0 Å². The van der Waals surface area contributed by atoms with Crippen molar-refractivity contribution in [3.8, 4) is 0 Å². The molecule has 0 fully saturated rings. The maximum atomic E-state index is 10.3. The largest absolute Gasteiger partial charge is 0.388 e. The Labute approximate surface area is 115 Å². The molecule has 3 rings (SSSR count). The number of fused-ring (bicyclic) bond motifs is 1. The molecule has 98 valence electrons. The third kappa shape index (κ3) is 2.39. The van der Waals surface area contributed by atoms with Gasteiger partial charge in [-0.3, -0.25) is 9.38 Å². The highest BCUT2D eigenvalue weighted by Crippen LogP contribution is 2.21. The molecular formula is C14H15N3OS. The lowest BCUT2D eigenvalue weighted by atomic mass is 10.0. The molecule has 0 saturated carbocycles. The van der Waals surface area contributed by atoms with Crippen molar-refractivity contribution in [1.82, 2.24) is 14.4 Å². The standard InChI is InChI=1S/C14H15N3OS/c1-9-3-4-12(10(2)15-9)13(18)7-11-8-17-5-6-19-14(17)16-11/h3-6,8,13,18H,7H2,1-2H3. The molecule has 4 nitrogen and oxygen atoms in total. The van der Waals surface area contributed by atoms with Gasteiger partial charge in [0.1, 0.15) is 0 Å². The molecule has 3 aromatic rings. The minimum atomic E-state index is -0.558. The summed E-state index contributed by atoms with van der Waals surface area (Å²) in [6, 6.07) is 3.87. The number of thiazole rings is 1. The lowest BCUT2D eigenvalue weighted by Crippen LogP contribution is -2.06. The number of pyridine rings is 1. The number of aromatic nitrogens is 3. The van der Waals surface area contributed by atoms with Gasteiger partial charge in [0.25, 0.3) is 0 Å². The van der Waals surface area contributed by atoms with Crippen molar-refractivity contribution in [2.45, 2.75) is 26.4 Å². The van der Waals surface area contributed by atoms with Gasteiger partial charge in [-0.15, -0.1) is 11.3 Å². The van der Waals surface area contributed by atoms with E-state index in [4.69, 9.17) is 0 Å². The normalized spacial score (nSPS) is 13.0. The smallest absolute Gasteiger partial charge is 0.193 e. The van der Waals surface area contributed by atoms with E-state index in [0.29, 0.717) is 6.42 Å². The molecule has 19 heavy (non-hydrogen) atoms. The molecule has 0 aliphatic carbocycles. The molecule has 0 spiro atoms. The maximum Gasteiger partial charge on any atom is 0.193 e. The summed E-state index contributed by atoms with van der Waals surface area (Å²) in [7, 11) is 0. The Kier molecular flexibility index (Phi) is 3.08. The van der Waals surface area contributed by atoms with Gasteiger partial charge in [-0.2, -0.15) is 0 Å². The quantitative estimate of drug-likeness (QED) is 0.798. The number of aryl methyl sites for hydroxylation is 2. The molecule has 1 unspecified atom stereocenters. The van der Waals surface area contributed by atoms with Gasteiger partial charge in [-0.25, -0.2) is 4.98 Å². The van der Waals surface area contributed by atoms with Gasteiger partial charge in [0.2, 0.25) is 0 Å². The van der Waals surface area contributed by atoms with E-state index in [1.54, 1.807) is 11.3 Å². The van der Waals surface area contributed by atoms with E-state index in [2.05, 4.69) is 9.97 Å². The Balaban J connectivity index is 1.84. The van der Waals surface area contributed by atoms with Crippen LogP contribution in [0.1, 0.15) is 28.7 Å². The van der Waals surface area contributed by atoms with Gasteiger partial charge >= 0.3 is 0 Å². The number of nitrogens with zero attached hydrogens (tertiary/aromatic N) is 3. The van der Waals surface area contributed by atoms with Crippen LogP contribution in [0.2, 0.25) is 0 Å². The van der Waals surface area contributed by atoms with Gasteiger partial charge in [0.05, 0.1) is 11.8 Å². The summed E-state index contributed by atoms with van der Waals surface area (Å²) in [5.41, 5.74) is 3.63. The summed E-state index contributed by atoms with van der Waals surface area (Å²) in [6.07, 6.45) is 3.89. The van der Waals surface area contributed by atoms with Crippen molar-refractivity contribution in [2.75, 3.05) is 0 Å². The van der Waals surface area contributed by atoms with E-state index in [-0.39, 0.29) is 0 Å². The van der Waals surface area contributed by atoms with Crippen molar-refractivity contribution >= 4 is 16.3 Å². The molecule has 1 N–H and O–H groups in total. The minimum absolute atomic E-state index is 0.514. The summed E-state index contributed by atoms with van der Waals surface area (Å²) < 4.78 is 1.98. The van der Waals surface area contributed by atoms with E-state index in [1.807, 2.05) is 48.2 Å². The van der Waals surface area contributed by atoms with Gasteiger partial charge in [0.15, 0.2) is 4.96 Å². The summed E-state index contributed by atoms with van der Waals surface area (Å²) in [5, 5.41) is 12.3. The van der Waals surface area contributed by atoms with Gasteiger partial charge in [-0.1, -0.05) is 6.07 Å². The first-order valence-electron chi connectivity index (χ1n) is 6.17. The fraction of sp³-hybridized carbons (Fsp3) is 0.286. The number of hydrogen-bond donors (Lipinski definition) is 1. The predicted octanol–water partition coefficient (Wildman–Crippen LogP) is 2.68. The summed E-state index contributed by atoms with van der Waals surface area (Å²) >= 11 is 1.59. The summed E-state index contributed by atoms with van der Waals surface area (Å²) in [5.74, 6) is 0. The molecule has 3 aromatic heterocycles. The fourth-order valence-electron chi connectivity index (χ4n) is 2.23. The zero-order chi connectivity index (χ0) is 13.4. The predicted molar refractivity (Wildman–Crippen MR) is 75.4 cm³/mol. The highest BCUT2D eigenvalue weighted by atomic mass is 32.1. The van der Waals surface area contributed by atoms with Gasteiger partial charge < -0.3 is 5.11 Å². The van der Waals surface area contributed by atoms with Crippen molar-refractivity contribution < 1.29 is 5.11 Å². The molecule has 0 aliphatic heterocycles. The zero-order valence-electron chi connectivity index (χ0n) is 10.9. The third-order valence-corrected chi connectivity index (χ3v) is 3.94. The van der Waals surface area contributed by atoms with Crippen LogP contribution >= 0.6 is 11.3 Å². The Morgan fingerprint density at radius 2 is 2.16 bits per heavy atom. The third-order valence-electron chi connectivity index (χ3n) is 3.17.